The molecular weight excluding hydrogens is 212 g/mol. The number of benzene rings is 1. The Morgan fingerprint density at radius 1 is 1.24 bits per heavy atom. The molecule has 2 heteroatoms. The lowest BCUT2D eigenvalue weighted by Crippen LogP contribution is -2.26. The summed E-state index contributed by atoms with van der Waals surface area (Å²) in [6.07, 6.45) is 4.50. The van der Waals surface area contributed by atoms with Gasteiger partial charge in [-0.1, -0.05) is 23.8 Å². The Morgan fingerprint density at radius 3 is 2.59 bits per heavy atom. The molecule has 0 spiro atoms. The normalized spacial score (nSPS) is 24.2. The van der Waals surface area contributed by atoms with Gasteiger partial charge in [-0.3, -0.25) is 0 Å². The predicted octanol–water partition coefficient (Wildman–Crippen LogP) is 3.19. The van der Waals surface area contributed by atoms with Gasteiger partial charge in [-0.15, -0.1) is 0 Å². The fraction of sp³-hybridized carbons (Fsp3) is 0.333. The molecule has 17 heavy (non-hydrogen) atoms. The molecule has 0 aromatic heterocycles. The minimum atomic E-state index is -0.761. The summed E-state index contributed by atoms with van der Waals surface area (Å²) in [6, 6.07) is 5.56. The van der Waals surface area contributed by atoms with Crippen molar-refractivity contribution in [2.45, 2.75) is 32.8 Å². The van der Waals surface area contributed by atoms with E-state index >= 15 is 0 Å². The van der Waals surface area contributed by atoms with Gasteiger partial charge in [-0.2, -0.15) is 0 Å². The summed E-state index contributed by atoms with van der Waals surface area (Å²) in [5.74, 6) is 0.285. The summed E-state index contributed by atoms with van der Waals surface area (Å²) in [5.41, 5.74) is 3.09. The van der Waals surface area contributed by atoms with E-state index < -0.39 is 5.60 Å². The van der Waals surface area contributed by atoms with Gasteiger partial charge in [0.05, 0.1) is 5.60 Å². The Balaban J connectivity index is 2.44. The number of aliphatic hydroxyl groups is 1. The number of aromatic hydroxyl groups is 1. The molecule has 0 heterocycles. The highest BCUT2D eigenvalue weighted by Gasteiger charge is 2.25. The van der Waals surface area contributed by atoms with Crippen LogP contribution in [-0.2, 0) is 0 Å². The van der Waals surface area contributed by atoms with Crippen LogP contribution in [0.25, 0.3) is 5.57 Å². The van der Waals surface area contributed by atoms with Gasteiger partial charge in [0.25, 0.3) is 0 Å². The first-order valence-electron chi connectivity index (χ1n) is 5.81. The van der Waals surface area contributed by atoms with E-state index in [1.165, 1.54) is 0 Å². The maximum absolute atomic E-state index is 10.1. The molecule has 0 bridgehead atoms. The fourth-order valence-corrected chi connectivity index (χ4v) is 1.99. The van der Waals surface area contributed by atoms with Crippen molar-refractivity contribution in [2.24, 2.45) is 0 Å². The third-order valence-electron chi connectivity index (χ3n) is 3.40. The van der Waals surface area contributed by atoms with Crippen molar-refractivity contribution in [3.05, 3.63) is 47.1 Å². The molecule has 0 fully saturated rings. The van der Waals surface area contributed by atoms with Crippen LogP contribution >= 0.6 is 0 Å². The number of rotatable bonds is 1. The van der Waals surface area contributed by atoms with Crippen molar-refractivity contribution in [3.63, 3.8) is 0 Å². The first-order chi connectivity index (χ1) is 7.90. The average Bonchev–Trinajstić information content (AvgIpc) is 2.26. The number of phenolic OH excluding ortho intramolecular Hbond substituents is 1. The predicted molar refractivity (Wildman–Crippen MR) is 69.8 cm³/mol. The van der Waals surface area contributed by atoms with E-state index in [1.54, 1.807) is 6.07 Å². The second-order valence-electron chi connectivity index (χ2n) is 4.99. The van der Waals surface area contributed by atoms with Crippen LogP contribution in [0.15, 0.2) is 35.9 Å². The lowest BCUT2D eigenvalue weighted by Gasteiger charge is -2.27. The van der Waals surface area contributed by atoms with Crippen molar-refractivity contribution < 1.29 is 10.2 Å². The van der Waals surface area contributed by atoms with Crippen molar-refractivity contribution in [1.29, 1.82) is 0 Å². The zero-order chi connectivity index (χ0) is 12.6. The Bertz CT molecular complexity index is 508. The minimum Gasteiger partial charge on any atom is -0.507 e. The first-order valence-corrected chi connectivity index (χ1v) is 5.81. The maximum atomic E-state index is 10.1. The van der Waals surface area contributed by atoms with Gasteiger partial charge in [0.15, 0.2) is 0 Å². The number of phenols is 1. The third-order valence-corrected chi connectivity index (χ3v) is 3.40. The molecule has 0 aliphatic heterocycles. The van der Waals surface area contributed by atoms with E-state index in [1.807, 2.05) is 45.1 Å². The monoisotopic (exact) mass is 230 g/mol. The van der Waals surface area contributed by atoms with Gasteiger partial charge in [0.1, 0.15) is 5.75 Å². The standard InChI is InChI=1S/C15H18O2/c1-10-4-5-14(16)13(8-10)12-6-7-15(3,17)11(2)9-12/h4-6,8-9,16-17H,7H2,1-3H3. The smallest absolute Gasteiger partial charge is 0.123 e. The molecule has 1 aromatic rings. The van der Waals surface area contributed by atoms with Gasteiger partial charge < -0.3 is 10.2 Å². The topological polar surface area (TPSA) is 40.5 Å². The van der Waals surface area contributed by atoms with Crippen LogP contribution in [0.5, 0.6) is 5.75 Å². The van der Waals surface area contributed by atoms with E-state index in [0.29, 0.717) is 6.42 Å². The second-order valence-corrected chi connectivity index (χ2v) is 4.99. The van der Waals surface area contributed by atoms with Crippen LogP contribution in [0.3, 0.4) is 0 Å². The molecule has 1 atom stereocenters. The summed E-state index contributed by atoms with van der Waals surface area (Å²) in [4.78, 5) is 0. The highest BCUT2D eigenvalue weighted by atomic mass is 16.3. The van der Waals surface area contributed by atoms with E-state index in [-0.39, 0.29) is 5.75 Å². The summed E-state index contributed by atoms with van der Waals surface area (Å²) >= 11 is 0. The number of allylic oxidation sites excluding steroid dienone is 2. The van der Waals surface area contributed by atoms with Crippen LogP contribution in [-0.4, -0.2) is 15.8 Å². The average molecular weight is 230 g/mol. The molecule has 2 N–H and O–H groups in total. The second kappa shape index (κ2) is 4.04. The molecule has 0 saturated carbocycles. The number of hydrogen-bond acceptors (Lipinski definition) is 2. The van der Waals surface area contributed by atoms with Crippen molar-refractivity contribution in [3.8, 4) is 5.75 Å². The molecule has 2 rings (SSSR count). The Hall–Kier alpha value is -1.54. The van der Waals surface area contributed by atoms with Gasteiger partial charge in [0, 0.05) is 5.56 Å². The summed E-state index contributed by atoms with van der Waals surface area (Å²) in [6.45, 7) is 5.72. The van der Waals surface area contributed by atoms with E-state index in [9.17, 15) is 10.2 Å². The zero-order valence-electron chi connectivity index (χ0n) is 10.5. The van der Waals surface area contributed by atoms with E-state index in [2.05, 4.69) is 0 Å². The first kappa shape index (κ1) is 11.9. The molecule has 0 amide bonds. The molecule has 1 aromatic carbocycles. The van der Waals surface area contributed by atoms with Crippen molar-refractivity contribution >= 4 is 5.57 Å². The van der Waals surface area contributed by atoms with Gasteiger partial charge in [0.2, 0.25) is 0 Å². The van der Waals surface area contributed by atoms with Crippen LogP contribution in [0.1, 0.15) is 31.4 Å². The molecule has 1 aliphatic carbocycles. The van der Waals surface area contributed by atoms with Crippen LogP contribution in [0, 0.1) is 6.92 Å². The molecule has 0 radical (unpaired) electrons. The third kappa shape index (κ3) is 2.27. The van der Waals surface area contributed by atoms with Gasteiger partial charge in [-0.05, 0) is 50.5 Å². The summed E-state index contributed by atoms with van der Waals surface area (Å²) < 4.78 is 0. The van der Waals surface area contributed by atoms with Crippen LogP contribution in [0.2, 0.25) is 0 Å². The minimum absolute atomic E-state index is 0.285. The van der Waals surface area contributed by atoms with Crippen molar-refractivity contribution in [2.75, 3.05) is 0 Å². The lowest BCUT2D eigenvalue weighted by atomic mass is 9.84. The highest BCUT2D eigenvalue weighted by molar-refractivity contribution is 5.79. The molecule has 2 nitrogen and oxygen atoms in total. The Labute approximate surface area is 102 Å². The van der Waals surface area contributed by atoms with Gasteiger partial charge >= 0.3 is 0 Å². The van der Waals surface area contributed by atoms with Crippen molar-refractivity contribution in [1.82, 2.24) is 0 Å². The Kier molecular flexibility index (Phi) is 2.84. The van der Waals surface area contributed by atoms with E-state index in [4.69, 9.17) is 0 Å². The zero-order valence-corrected chi connectivity index (χ0v) is 10.5. The summed E-state index contributed by atoms with van der Waals surface area (Å²) in [5, 5.41) is 19.9. The SMILES string of the molecule is CC1=CC(c2cc(C)ccc2O)=CCC1(C)O. The Morgan fingerprint density at radius 2 is 1.94 bits per heavy atom. The van der Waals surface area contributed by atoms with E-state index in [0.717, 1.165) is 22.3 Å². The number of aryl methyl sites for hydroxylation is 1. The van der Waals surface area contributed by atoms with Gasteiger partial charge in [-0.25, -0.2) is 0 Å². The molecule has 0 saturated heterocycles. The fourth-order valence-electron chi connectivity index (χ4n) is 1.99. The van der Waals surface area contributed by atoms with Crippen LogP contribution < -0.4 is 0 Å². The molecular formula is C15H18O2. The summed E-state index contributed by atoms with van der Waals surface area (Å²) in [7, 11) is 0. The molecule has 1 unspecified atom stereocenters. The quantitative estimate of drug-likeness (QED) is 0.778. The molecule has 1 aliphatic rings. The largest absolute Gasteiger partial charge is 0.507 e. The number of hydrogen-bond donors (Lipinski definition) is 2. The highest BCUT2D eigenvalue weighted by Crippen LogP contribution is 2.35. The maximum Gasteiger partial charge on any atom is 0.123 e. The molecule has 90 valence electrons. The van der Waals surface area contributed by atoms with Crippen LogP contribution in [0.4, 0.5) is 0 Å². The lowest BCUT2D eigenvalue weighted by molar-refractivity contribution is 0.101.